The summed E-state index contributed by atoms with van der Waals surface area (Å²) in [6, 6.07) is 0.621. The molecular weight excluding hydrogens is 228 g/mol. The molecular formula is C13H24N4O. The summed E-state index contributed by atoms with van der Waals surface area (Å²) in [6.07, 6.45) is 2.11. The lowest BCUT2D eigenvalue weighted by Crippen LogP contribution is -2.53. The Bertz CT molecular complexity index is 366. The minimum Gasteiger partial charge on any atom is -0.340 e. The quantitative estimate of drug-likeness (QED) is 0.854. The molecule has 0 radical (unpaired) electrons. The van der Waals surface area contributed by atoms with Gasteiger partial charge in [0.05, 0.1) is 0 Å². The molecule has 1 aliphatic rings. The molecule has 0 spiro atoms. The first kappa shape index (κ1) is 13.5. The maximum absolute atomic E-state index is 4.99. The van der Waals surface area contributed by atoms with Gasteiger partial charge in [0, 0.05) is 45.6 Å². The van der Waals surface area contributed by atoms with Crippen molar-refractivity contribution in [3.8, 4) is 0 Å². The van der Waals surface area contributed by atoms with Crippen LogP contribution in [-0.2, 0) is 6.42 Å². The monoisotopic (exact) mass is 252 g/mol. The van der Waals surface area contributed by atoms with Gasteiger partial charge < -0.3 is 14.7 Å². The van der Waals surface area contributed by atoms with Crippen molar-refractivity contribution >= 4 is 0 Å². The van der Waals surface area contributed by atoms with Crippen LogP contribution in [0.5, 0.6) is 0 Å². The minimum atomic E-state index is 0.621. The Hall–Kier alpha value is -0.940. The molecule has 2 unspecified atom stereocenters. The second-order valence-corrected chi connectivity index (χ2v) is 5.23. The van der Waals surface area contributed by atoms with Gasteiger partial charge in [-0.15, -0.1) is 0 Å². The highest BCUT2D eigenvalue weighted by atomic mass is 16.5. The van der Waals surface area contributed by atoms with Gasteiger partial charge in [0.15, 0.2) is 5.82 Å². The van der Waals surface area contributed by atoms with Crippen LogP contribution < -0.4 is 5.32 Å². The molecule has 1 N–H and O–H groups in total. The summed E-state index contributed by atoms with van der Waals surface area (Å²) >= 11 is 0. The van der Waals surface area contributed by atoms with Crippen LogP contribution in [-0.4, -0.2) is 47.3 Å². The van der Waals surface area contributed by atoms with Gasteiger partial charge in [-0.3, -0.25) is 0 Å². The predicted molar refractivity (Wildman–Crippen MR) is 70.4 cm³/mol. The molecule has 0 aliphatic carbocycles. The van der Waals surface area contributed by atoms with Crippen LogP contribution in [0.1, 0.15) is 32.0 Å². The van der Waals surface area contributed by atoms with Gasteiger partial charge in [0.25, 0.3) is 0 Å². The fourth-order valence-corrected chi connectivity index (χ4v) is 2.41. The van der Waals surface area contributed by atoms with Gasteiger partial charge >= 0.3 is 0 Å². The topological polar surface area (TPSA) is 54.2 Å². The lowest BCUT2D eigenvalue weighted by molar-refractivity contribution is 0.169. The van der Waals surface area contributed by atoms with Crippen molar-refractivity contribution in [2.24, 2.45) is 5.92 Å². The molecule has 18 heavy (non-hydrogen) atoms. The van der Waals surface area contributed by atoms with E-state index in [1.807, 2.05) is 6.92 Å². The number of nitrogens with zero attached hydrogens (tertiary/aromatic N) is 3. The molecule has 1 aromatic heterocycles. The summed E-state index contributed by atoms with van der Waals surface area (Å²) in [7, 11) is 0. The Morgan fingerprint density at radius 1 is 1.56 bits per heavy atom. The average Bonchev–Trinajstić information content (AvgIpc) is 2.81. The SMILES string of the molecule is CCC(C)C1CN(CCc2noc(C)n2)CCN1. The highest BCUT2D eigenvalue weighted by Crippen LogP contribution is 2.12. The number of rotatable bonds is 5. The summed E-state index contributed by atoms with van der Waals surface area (Å²) in [4.78, 5) is 6.74. The normalized spacial score (nSPS) is 23.2. The minimum absolute atomic E-state index is 0.621. The molecule has 5 nitrogen and oxygen atoms in total. The molecule has 2 rings (SSSR count). The number of aromatic nitrogens is 2. The summed E-state index contributed by atoms with van der Waals surface area (Å²) in [5.74, 6) is 2.22. The van der Waals surface area contributed by atoms with Crippen molar-refractivity contribution < 1.29 is 4.52 Å². The van der Waals surface area contributed by atoms with Crippen LogP contribution in [0.2, 0.25) is 0 Å². The zero-order valence-electron chi connectivity index (χ0n) is 11.6. The first-order valence-electron chi connectivity index (χ1n) is 6.94. The molecule has 0 aromatic carbocycles. The number of aryl methyl sites for hydroxylation is 1. The third kappa shape index (κ3) is 3.53. The molecule has 2 heterocycles. The van der Waals surface area contributed by atoms with Gasteiger partial charge in [0.1, 0.15) is 0 Å². The van der Waals surface area contributed by atoms with E-state index in [1.165, 1.54) is 6.42 Å². The van der Waals surface area contributed by atoms with Crippen LogP contribution >= 0.6 is 0 Å². The fourth-order valence-electron chi connectivity index (χ4n) is 2.41. The Labute approximate surface area is 109 Å². The van der Waals surface area contributed by atoms with E-state index < -0.39 is 0 Å². The molecule has 2 atom stereocenters. The van der Waals surface area contributed by atoms with Crippen molar-refractivity contribution in [3.05, 3.63) is 11.7 Å². The molecule has 0 amide bonds. The molecule has 102 valence electrons. The third-order valence-electron chi connectivity index (χ3n) is 3.84. The molecule has 0 saturated carbocycles. The standard InChI is InChI=1S/C13H24N4O/c1-4-10(2)12-9-17(8-6-14-12)7-5-13-15-11(3)18-16-13/h10,12,14H,4-9H2,1-3H3. The summed E-state index contributed by atoms with van der Waals surface area (Å²) in [5.41, 5.74) is 0. The van der Waals surface area contributed by atoms with E-state index >= 15 is 0 Å². The number of piperazine rings is 1. The van der Waals surface area contributed by atoms with Crippen molar-refractivity contribution in [3.63, 3.8) is 0 Å². The summed E-state index contributed by atoms with van der Waals surface area (Å²) in [6.45, 7) is 10.8. The Morgan fingerprint density at radius 3 is 3.06 bits per heavy atom. The molecule has 1 aromatic rings. The number of nitrogens with one attached hydrogen (secondary N) is 1. The number of hydrogen-bond donors (Lipinski definition) is 1. The highest BCUT2D eigenvalue weighted by molar-refractivity contribution is 4.87. The largest absolute Gasteiger partial charge is 0.340 e. The second kappa shape index (κ2) is 6.29. The van der Waals surface area contributed by atoms with Crippen LogP contribution in [0.25, 0.3) is 0 Å². The van der Waals surface area contributed by atoms with E-state index in [0.717, 1.165) is 44.3 Å². The maximum Gasteiger partial charge on any atom is 0.223 e. The molecule has 1 aliphatic heterocycles. The van der Waals surface area contributed by atoms with E-state index in [0.29, 0.717) is 11.9 Å². The maximum atomic E-state index is 4.99. The average molecular weight is 252 g/mol. The van der Waals surface area contributed by atoms with Crippen LogP contribution in [0.3, 0.4) is 0 Å². The summed E-state index contributed by atoms with van der Waals surface area (Å²) in [5, 5.41) is 7.55. The zero-order chi connectivity index (χ0) is 13.0. The van der Waals surface area contributed by atoms with Crippen molar-refractivity contribution in [2.75, 3.05) is 26.2 Å². The van der Waals surface area contributed by atoms with E-state index in [4.69, 9.17) is 4.52 Å². The lowest BCUT2D eigenvalue weighted by Gasteiger charge is -2.36. The second-order valence-electron chi connectivity index (χ2n) is 5.23. The van der Waals surface area contributed by atoms with Crippen molar-refractivity contribution in [1.29, 1.82) is 0 Å². The van der Waals surface area contributed by atoms with Gasteiger partial charge in [0.2, 0.25) is 5.89 Å². The predicted octanol–water partition coefficient (Wildman–Crippen LogP) is 1.24. The van der Waals surface area contributed by atoms with Gasteiger partial charge in [-0.2, -0.15) is 4.98 Å². The van der Waals surface area contributed by atoms with Gasteiger partial charge in [-0.25, -0.2) is 0 Å². The zero-order valence-corrected chi connectivity index (χ0v) is 11.6. The van der Waals surface area contributed by atoms with Crippen molar-refractivity contribution in [1.82, 2.24) is 20.4 Å². The molecule has 5 heteroatoms. The van der Waals surface area contributed by atoms with Gasteiger partial charge in [-0.1, -0.05) is 25.4 Å². The van der Waals surface area contributed by atoms with Crippen molar-refractivity contribution in [2.45, 2.75) is 39.7 Å². The van der Waals surface area contributed by atoms with Crippen LogP contribution in [0, 0.1) is 12.8 Å². The number of hydrogen-bond acceptors (Lipinski definition) is 5. The molecule has 0 bridgehead atoms. The van der Waals surface area contributed by atoms with E-state index in [9.17, 15) is 0 Å². The first-order chi connectivity index (χ1) is 8.69. The van der Waals surface area contributed by atoms with E-state index in [-0.39, 0.29) is 0 Å². The van der Waals surface area contributed by atoms with Gasteiger partial charge in [-0.05, 0) is 5.92 Å². The Kier molecular flexibility index (Phi) is 4.72. The summed E-state index contributed by atoms with van der Waals surface area (Å²) < 4.78 is 4.99. The molecule has 1 fully saturated rings. The third-order valence-corrected chi connectivity index (χ3v) is 3.84. The Balaban J connectivity index is 1.79. The van der Waals surface area contributed by atoms with E-state index in [1.54, 1.807) is 0 Å². The molecule has 1 saturated heterocycles. The van der Waals surface area contributed by atoms with E-state index in [2.05, 4.69) is 34.2 Å². The highest BCUT2D eigenvalue weighted by Gasteiger charge is 2.23. The first-order valence-corrected chi connectivity index (χ1v) is 6.94. The van der Waals surface area contributed by atoms with Crippen LogP contribution in [0.4, 0.5) is 0 Å². The fraction of sp³-hybridized carbons (Fsp3) is 0.846. The van der Waals surface area contributed by atoms with Crippen LogP contribution in [0.15, 0.2) is 4.52 Å². The Morgan fingerprint density at radius 2 is 2.39 bits per heavy atom. The lowest BCUT2D eigenvalue weighted by atomic mass is 9.97. The smallest absolute Gasteiger partial charge is 0.223 e.